The highest BCUT2D eigenvalue weighted by molar-refractivity contribution is 7.87. The van der Waals surface area contributed by atoms with Crippen molar-refractivity contribution in [2.45, 2.75) is 6.42 Å². The average molecular weight is 420 g/mol. The molecule has 0 radical (unpaired) electrons. The van der Waals surface area contributed by atoms with Gasteiger partial charge in [-0.1, -0.05) is 24.3 Å². The number of nitrogen functional groups attached to an aromatic ring is 1. The molecule has 0 unspecified atom stereocenters. The monoisotopic (exact) mass is 419 g/mol. The van der Waals surface area contributed by atoms with E-state index < -0.39 is 10.2 Å². The third-order valence-electron chi connectivity index (χ3n) is 4.13. The van der Waals surface area contributed by atoms with E-state index in [4.69, 9.17) is 23.7 Å². The van der Waals surface area contributed by atoms with Crippen molar-refractivity contribution in [3.05, 3.63) is 53.6 Å². The van der Waals surface area contributed by atoms with Crippen molar-refractivity contribution >= 4 is 50.2 Å². The Morgan fingerprint density at radius 1 is 1.25 bits per heavy atom. The number of imidazole rings is 1. The van der Waals surface area contributed by atoms with Crippen molar-refractivity contribution in [1.82, 2.24) is 18.7 Å². The molecule has 0 atom stereocenters. The van der Waals surface area contributed by atoms with E-state index in [0.29, 0.717) is 17.5 Å². The fourth-order valence-electron chi connectivity index (χ4n) is 2.78. The van der Waals surface area contributed by atoms with Crippen molar-refractivity contribution in [2.75, 3.05) is 25.3 Å². The van der Waals surface area contributed by atoms with Crippen LogP contribution in [0.25, 0.3) is 11.0 Å². The summed E-state index contributed by atoms with van der Waals surface area (Å²) in [6, 6.07) is 13.1. The molecule has 0 saturated heterocycles. The highest BCUT2D eigenvalue weighted by atomic mass is 32.2. The number of hydrogen-bond donors (Lipinski definition) is 4. The summed E-state index contributed by atoms with van der Waals surface area (Å²) in [6.07, 6.45) is 0.589. The summed E-state index contributed by atoms with van der Waals surface area (Å²) in [5, 5.41) is 0.138. The second kappa shape index (κ2) is 7.62. The van der Waals surface area contributed by atoms with E-state index >= 15 is 0 Å². The number of hydrogen-bond acceptors (Lipinski definition) is 6. The van der Waals surface area contributed by atoms with Gasteiger partial charge in [0.2, 0.25) is 5.95 Å². The highest BCUT2D eigenvalue weighted by Gasteiger charge is 2.23. The maximum absolute atomic E-state index is 12.5. The van der Waals surface area contributed by atoms with Crippen molar-refractivity contribution < 1.29 is 8.42 Å². The molecule has 3 aromatic rings. The fraction of sp³-hybridized carbons (Fsp3) is 0.176. The quantitative estimate of drug-likeness (QED) is 0.344. The molecule has 2 aromatic carbocycles. The first-order chi connectivity index (χ1) is 13.2. The molecule has 0 spiro atoms. The Kier molecular flexibility index (Phi) is 5.40. The van der Waals surface area contributed by atoms with E-state index in [-0.39, 0.29) is 11.1 Å². The van der Waals surface area contributed by atoms with Gasteiger partial charge < -0.3 is 11.5 Å². The summed E-state index contributed by atoms with van der Waals surface area (Å²) in [6.45, 7) is 0. The van der Waals surface area contributed by atoms with Crippen LogP contribution in [0.4, 0.5) is 11.6 Å². The smallest absolute Gasteiger partial charge is 0.310 e. The minimum absolute atomic E-state index is 0.0800. The summed E-state index contributed by atoms with van der Waals surface area (Å²) >= 11 is 4.81. The standard InChI is InChI=1S/C17H21N7O2S2/c1-23(2)28(25,26)24-15-8-7-11(10-14(15)20-16(24)18)9-12-5-3-4-6-13(12)21-22-17(19)27/h3-8,10,21H,9H2,1-2H3,(H2,18,20)(H3,19,22,27). The maximum Gasteiger partial charge on any atom is 0.310 e. The lowest BCUT2D eigenvalue weighted by Crippen LogP contribution is -2.34. The van der Waals surface area contributed by atoms with Crippen LogP contribution in [-0.2, 0) is 16.6 Å². The van der Waals surface area contributed by atoms with Crippen LogP contribution in [0, 0.1) is 0 Å². The first-order valence-electron chi connectivity index (χ1n) is 8.29. The van der Waals surface area contributed by atoms with Gasteiger partial charge in [-0.15, -0.1) is 0 Å². The minimum Gasteiger partial charge on any atom is -0.375 e. The SMILES string of the molecule is CN(C)S(=O)(=O)n1c(N)nc2cc(Cc3ccccc3NNC(N)=S)ccc21. The predicted molar refractivity (Wildman–Crippen MR) is 115 cm³/mol. The number of hydrazine groups is 1. The zero-order valence-electron chi connectivity index (χ0n) is 15.4. The molecule has 0 saturated carbocycles. The number of rotatable bonds is 6. The Morgan fingerprint density at radius 2 is 1.96 bits per heavy atom. The molecule has 0 fully saturated rings. The van der Waals surface area contributed by atoms with Crippen LogP contribution in [0.2, 0.25) is 0 Å². The van der Waals surface area contributed by atoms with Gasteiger partial charge in [0.05, 0.1) is 16.7 Å². The van der Waals surface area contributed by atoms with E-state index in [1.54, 1.807) is 6.07 Å². The van der Waals surface area contributed by atoms with Crippen LogP contribution in [0.3, 0.4) is 0 Å². The summed E-state index contributed by atoms with van der Waals surface area (Å²) in [5.74, 6) is -0.0800. The summed E-state index contributed by atoms with van der Waals surface area (Å²) in [5.41, 5.74) is 20.7. The molecule has 148 valence electrons. The van der Waals surface area contributed by atoms with Crippen LogP contribution in [0.15, 0.2) is 42.5 Å². The molecule has 3 rings (SSSR count). The highest BCUT2D eigenvalue weighted by Crippen LogP contribution is 2.25. The lowest BCUT2D eigenvalue weighted by molar-refractivity contribution is 0.513. The number of anilines is 2. The number of thiocarbonyl (C=S) groups is 1. The van der Waals surface area contributed by atoms with Gasteiger partial charge in [-0.3, -0.25) is 10.9 Å². The summed E-state index contributed by atoms with van der Waals surface area (Å²) in [4.78, 5) is 4.22. The molecule has 6 N–H and O–H groups in total. The number of nitrogens with two attached hydrogens (primary N) is 2. The molecule has 1 aromatic heterocycles. The normalized spacial score (nSPS) is 11.7. The predicted octanol–water partition coefficient (Wildman–Crippen LogP) is 1.02. The zero-order chi connectivity index (χ0) is 20.5. The van der Waals surface area contributed by atoms with Gasteiger partial charge in [-0.05, 0) is 48.0 Å². The van der Waals surface area contributed by atoms with Crippen molar-refractivity contribution in [3.8, 4) is 0 Å². The molecule has 0 aliphatic heterocycles. The van der Waals surface area contributed by atoms with Crippen LogP contribution in [-0.4, -0.2) is 40.9 Å². The minimum atomic E-state index is -3.76. The van der Waals surface area contributed by atoms with Gasteiger partial charge in [0, 0.05) is 14.1 Å². The first-order valence-corrected chi connectivity index (χ1v) is 10.1. The first kappa shape index (κ1) is 19.9. The van der Waals surface area contributed by atoms with Crippen molar-refractivity contribution in [3.63, 3.8) is 0 Å². The van der Waals surface area contributed by atoms with Gasteiger partial charge in [0.1, 0.15) is 0 Å². The number of para-hydroxylation sites is 1. The molecule has 0 aliphatic rings. The van der Waals surface area contributed by atoms with Gasteiger partial charge >= 0.3 is 10.2 Å². The molecular weight excluding hydrogens is 398 g/mol. The van der Waals surface area contributed by atoms with Crippen LogP contribution < -0.4 is 22.3 Å². The number of benzene rings is 2. The Bertz CT molecular complexity index is 1140. The average Bonchev–Trinajstić information content (AvgIpc) is 2.96. The molecule has 11 heteroatoms. The Morgan fingerprint density at radius 3 is 2.64 bits per heavy atom. The Labute approximate surface area is 168 Å². The molecule has 0 aliphatic carbocycles. The second-order valence-electron chi connectivity index (χ2n) is 6.30. The number of nitrogens with one attached hydrogen (secondary N) is 2. The zero-order valence-corrected chi connectivity index (χ0v) is 17.0. The van der Waals surface area contributed by atoms with Crippen molar-refractivity contribution in [1.29, 1.82) is 0 Å². The van der Waals surface area contributed by atoms with Crippen molar-refractivity contribution in [2.24, 2.45) is 5.73 Å². The fourth-order valence-corrected chi connectivity index (χ4v) is 3.84. The summed E-state index contributed by atoms with van der Waals surface area (Å²) in [7, 11) is -0.876. The molecule has 0 bridgehead atoms. The Balaban J connectivity index is 1.96. The molecular formula is C17H21N7O2S2. The van der Waals surface area contributed by atoms with E-state index in [1.165, 1.54) is 14.1 Å². The molecule has 0 amide bonds. The lowest BCUT2D eigenvalue weighted by Gasteiger charge is -2.14. The van der Waals surface area contributed by atoms with Crippen LogP contribution in [0.5, 0.6) is 0 Å². The largest absolute Gasteiger partial charge is 0.375 e. The van der Waals surface area contributed by atoms with Gasteiger partial charge in [0.15, 0.2) is 5.11 Å². The third-order valence-corrected chi connectivity index (χ3v) is 6.00. The van der Waals surface area contributed by atoms with E-state index in [2.05, 4.69) is 15.8 Å². The van der Waals surface area contributed by atoms with Gasteiger partial charge in [-0.2, -0.15) is 16.7 Å². The van der Waals surface area contributed by atoms with Gasteiger partial charge in [-0.25, -0.2) is 4.98 Å². The molecule has 9 nitrogen and oxygen atoms in total. The number of aromatic nitrogens is 2. The van der Waals surface area contributed by atoms with E-state index in [9.17, 15) is 8.42 Å². The lowest BCUT2D eigenvalue weighted by atomic mass is 10.0. The van der Waals surface area contributed by atoms with E-state index in [1.807, 2.05) is 36.4 Å². The van der Waals surface area contributed by atoms with E-state index in [0.717, 1.165) is 25.1 Å². The van der Waals surface area contributed by atoms with Crippen LogP contribution >= 0.6 is 12.2 Å². The number of nitrogens with zero attached hydrogens (tertiary/aromatic N) is 3. The van der Waals surface area contributed by atoms with Gasteiger partial charge in [0.25, 0.3) is 0 Å². The Hall–Kier alpha value is -2.89. The maximum atomic E-state index is 12.5. The molecule has 1 heterocycles. The molecule has 28 heavy (non-hydrogen) atoms. The topological polar surface area (TPSA) is 131 Å². The second-order valence-corrected chi connectivity index (χ2v) is 8.73. The summed E-state index contributed by atoms with van der Waals surface area (Å²) < 4.78 is 27.1. The number of fused-ring (bicyclic) bond motifs is 1. The third kappa shape index (κ3) is 3.86. The van der Waals surface area contributed by atoms with Crippen LogP contribution in [0.1, 0.15) is 11.1 Å².